The number of methoxy groups -OCH3 is 1. The molecule has 0 saturated heterocycles. The average Bonchev–Trinajstić information content (AvgIpc) is 2.74. The summed E-state index contributed by atoms with van der Waals surface area (Å²) in [5.41, 5.74) is 0.570. The van der Waals surface area contributed by atoms with Crippen LogP contribution in [0.2, 0.25) is 5.02 Å². The number of rotatable bonds is 9. The molecule has 0 bridgehead atoms. The van der Waals surface area contributed by atoms with Crippen molar-refractivity contribution >= 4 is 39.1 Å². The minimum Gasteiger partial charge on any atom is -0.497 e. The molecule has 0 aromatic heterocycles. The van der Waals surface area contributed by atoms with Crippen LogP contribution in [0.25, 0.3) is 0 Å². The Hall–Kier alpha value is -2.78. The zero-order valence-corrected chi connectivity index (χ0v) is 21.9. The predicted octanol–water partition coefficient (Wildman–Crippen LogP) is 3.45. The number of anilines is 1. The van der Waals surface area contributed by atoms with Gasteiger partial charge in [0.1, 0.15) is 18.3 Å². The zero-order chi connectivity index (χ0) is 25.7. The third-order valence-corrected chi connectivity index (χ3v) is 6.36. The molecule has 0 saturated carbocycles. The highest BCUT2D eigenvalue weighted by Gasteiger charge is 2.31. The molecule has 0 aliphatic rings. The normalized spacial score (nSPS) is 12.6. The average molecular weight is 510 g/mol. The number of benzene rings is 2. The van der Waals surface area contributed by atoms with Crippen LogP contribution in [0.3, 0.4) is 0 Å². The van der Waals surface area contributed by atoms with Crippen LogP contribution in [-0.2, 0) is 26.2 Å². The van der Waals surface area contributed by atoms with Crippen molar-refractivity contribution in [2.24, 2.45) is 0 Å². The van der Waals surface area contributed by atoms with Crippen molar-refractivity contribution in [1.29, 1.82) is 0 Å². The van der Waals surface area contributed by atoms with Crippen LogP contribution in [0.1, 0.15) is 33.3 Å². The van der Waals surface area contributed by atoms with Gasteiger partial charge < -0.3 is 15.0 Å². The van der Waals surface area contributed by atoms with E-state index < -0.39 is 34.1 Å². The van der Waals surface area contributed by atoms with Gasteiger partial charge in [0.05, 0.1) is 19.1 Å². The van der Waals surface area contributed by atoms with Crippen molar-refractivity contribution in [2.75, 3.05) is 24.2 Å². The Morgan fingerprint density at radius 1 is 1.06 bits per heavy atom. The van der Waals surface area contributed by atoms with Gasteiger partial charge in [-0.2, -0.15) is 0 Å². The molecule has 0 aliphatic heterocycles. The maximum absolute atomic E-state index is 13.5. The molecule has 0 aliphatic carbocycles. The number of hydrogen-bond acceptors (Lipinski definition) is 5. The Balaban J connectivity index is 2.38. The first kappa shape index (κ1) is 27.5. The lowest BCUT2D eigenvalue weighted by Crippen LogP contribution is -2.54. The maximum Gasteiger partial charge on any atom is 0.244 e. The second-order valence-corrected chi connectivity index (χ2v) is 11.4. The number of amides is 2. The van der Waals surface area contributed by atoms with Crippen LogP contribution in [-0.4, -0.2) is 56.6 Å². The molecule has 0 heterocycles. The first-order valence-electron chi connectivity index (χ1n) is 10.7. The van der Waals surface area contributed by atoms with E-state index in [-0.39, 0.29) is 12.5 Å². The molecule has 2 aromatic rings. The van der Waals surface area contributed by atoms with Gasteiger partial charge in [-0.1, -0.05) is 23.7 Å². The van der Waals surface area contributed by atoms with Crippen LogP contribution < -0.4 is 14.4 Å². The van der Waals surface area contributed by atoms with E-state index in [1.165, 1.54) is 17.0 Å². The molecule has 1 N–H and O–H groups in total. The van der Waals surface area contributed by atoms with E-state index in [0.717, 1.165) is 16.1 Å². The number of ether oxygens (including phenoxy) is 1. The van der Waals surface area contributed by atoms with Crippen LogP contribution in [0.5, 0.6) is 5.75 Å². The molecule has 186 valence electrons. The SMILES string of the molecule is COc1ccc(CN(C(=O)CN(c2ccc(Cl)cc2)S(C)(=O)=O)[C@@H](C)C(=O)NC(C)(C)C)cc1. The minimum absolute atomic E-state index is 0.111. The number of nitrogens with zero attached hydrogens (tertiary/aromatic N) is 2. The van der Waals surface area contributed by atoms with E-state index in [4.69, 9.17) is 16.3 Å². The van der Waals surface area contributed by atoms with Gasteiger partial charge in [0.15, 0.2) is 0 Å². The summed E-state index contributed by atoms with van der Waals surface area (Å²) in [6, 6.07) is 12.4. The summed E-state index contributed by atoms with van der Waals surface area (Å²) in [6.45, 7) is 6.80. The van der Waals surface area contributed by atoms with Crippen molar-refractivity contribution in [1.82, 2.24) is 10.2 Å². The van der Waals surface area contributed by atoms with Crippen molar-refractivity contribution in [3.8, 4) is 5.75 Å². The van der Waals surface area contributed by atoms with Crippen molar-refractivity contribution < 1.29 is 22.7 Å². The summed E-state index contributed by atoms with van der Waals surface area (Å²) in [5, 5.41) is 3.32. The number of sulfonamides is 1. The first-order chi connectivity index (χ1) is 15.7. The molecular formula is C24H32ClN3O5S. The van der Waals surface area contributed by atoms with Gasteiger partial charge in [-0.05, 0) is 69.7 Å². The summed E-state index contributed by atoms with van der Waals surface area (Å²) >= 11 is 5.93. The largest absolute Gasteiger partial charge is 0.497 e. The first-order valence-corrected chi connectivity index (χ1v) is 12.9. The van der Waals surface area contributed by atoms with E-state index in [1.54, 1.807) is 50.4 Å². The zero-order valence-electron chi connectivity index (χ0n) is 20.3. The maximum atomic E-state index is 13.5. The monoisotopic (exact) mass is 509 g/mol. The van der Waals surface area contributed by atoms with Gasteiger partial charge in [0, 0.05) is 17.1 Å². The fraction of sp³-hybridized carbons (Fsp3) is 0.417. The summed E-state index contributed by atoms with van der Waals surface area (Å²) in [4.78, 5) is 27.8. The molecule has 2 rings (SSSR count). The number of carbonyl (C=O) groups is 2. The Labute approximate surface area is 206 Å². The number of halogens is 1. The third kappa shape index (κ3) is 7.92. The van der Waals surface area contributed by atoms with E-state index in [1.807, 2.05) is 20.8 Å². The molecule has 1 atom stereocenters. The molecule has 34 heavy (non-hydrogen) atoms. The van der Waals surface area contributed by atoms with Crippen LogP contribution in [0.4, 0.5) is 5.69 Å². The lowest BCUT2D eigenvalue weighted by Gasteiger charge is -2.33. The fourth-order valence-electron chi connectivity index (χ4n) is 3.21. The number of nitrogens with one attached hydrogen (secondary N) is 1. The quantitative estimate of drug-likeness (QED) is 0.558. The molecule has 8 nitrogen and oxygen atoms in total. The Morgan fingerprint density at radius 2 is 1.62 bits per heavy atom. The topological polar surface area (TPSA) is 96.0 Å². The van der Waals surface area contributed by atoms with Crippen molar-refractivity contribution in [3.63, 3.8) is 0 Å². The third-order valence-electron chi connectivity index (χ3n) is 4.97. The van der Waals surface area contributed by atoms with Gasteiger partial charge >= 0.3 is 0 Å². The van der Waals surface area contributed by atoms with E-state index in [0.29, 0.717) is 16.5 Å². The number of hydrogen-bond donors (Lipinski definition) is 1. The Kier molecular flexibility index (Phi) is 8.96. The van der Waals surface area contributed by atoms with Gasteiger partial charge in [-0.15, -0.1) is 0 Å². The van der Waals surface area contributed by atoms with Crippen molar-refractivity contribution in [2.45, 2.75) is 45.8 Å². The second kappa shape index (κ2) is 11.1. The van der Waals surface area contributed by atoms with Gasteiger partial charge in [-0.25, -0.2) is 8.42 Å². The van der Waals surface area contributed by atoms with E-state index in [9.17, 15) is 18.0 Å². The highest BCUT2D eigenvalue weighted by Crippen LogP contribution is 2.22. The molecule has 2 amide bonds. The number of carbonyl (C=O) groups excluding carboxylic acids is 2. The predicted molar refractivity (Wildman–Crippen MR) is 135 cm³/mol. The highest BCUT2D eigenvalue weighted by molar-refractivity contribution is 7.92. The summed E-state index contributed by atoms with van der Waals surface area (Å²) in [7, 11) is -2.23. The van der Waals surface area contributed by atoms with Crippen LogP contribution in [0, 0.1) is 0 Å². The minimum atomic E-state index is -3.79. The van der Waals surface area contributed by atoms with Gasteiger partial charge in [-0.3, -0.25) is 13.9 Å². The standard InChI is InChI=1S/C24H32ClN3O5S/c1-17(23(30)26-24(2,3)4)27(15-18-7-13-21(33-5)14-8-18)22(29)16-28(34(6,31)32)20-11-9-19(25)10-12-20/h7-14,17H,15-16H2,1-6H3,(H,26,30)/t17-/m0/s1. The van der Waals surface area contributed by atoms with Gasteiger partial charge in [0.2, 0.25) is 21.8 Å². The Bertz CT molecular complexity index is 1100. The molecule has 2 aromatic carbocycles. The molecule has 0 unspecified atom stereocenters. The molecule has 0 radical (unpaired) electrons. The lowest BCUT2D eigenvalue weighted by molar-refractivity contribution is -0.140. The van der Waals surface area contributed by atoms with E-state index in [2.05, 4.69) is 5.32 Å². The smallest absolute Gasteiger partial charge is 0.244 e. The molecule has 0 fully saturated rings. The molecule has 10 heteroatoms. The van der Waals surface area contributed by atoms with E-state index >= 15 is 0 Å². The summed E-state index contributed by atoms with van der Waals surface area (Å²) in [6.07, 6.45) is 1.03. The van der Waals surface area contributed by atoms with Crippen molar-refractivity contribution in [3.05, 3.63) is 59.1 Å². The second-order valence-electron chi connectivity index (χ2n) is 9.03. The van der Waals surface area contributed by atoms with Crippen LogP contribution in [0.15, 0.2) is 48.5 Å². The Morgan fingerprint density at radius 3 is 2.09 bits per heavy atom. The van der Waals surface area contributed by atoms with Gasteiger partial charge in [0.25, 0.3) is 0 Å². The summed E-state index contributed by atoms with van der Waals surface area (Å²) < 4.78 is 31.2. The molecule has 0 spiro atoms. The fourth-order valence-corrected chi connectivity index (χ4v) is 4.18. The lowest BCUT2D eigenvalue weighted by atomic mass is 10.1. The molecular weight excluding hydrogens is 478 g/mol. The summed E-state index contributed by atoms with van der Waals surface area (Å²) in [5.74, 6) is -0.203. The highest BCUT2D eigenvalue weighted by atomic mass is 35.5. The van der Waals surface area contributed by atoms with Crippen LogP contribution >= 0.6 is 11.6 Å².